The Morgan fingerprint density at radius 1 is 0.871 bits per heavy atom. The van der Waals surface area contributed by atoms with Crippen molar-refractivity contribution in [3.8, 4) is 5.75 Å². The van der Waals surface area contributed by atoms with Crippen LogP contribution in [0.25, 0.3) is 0 Å². The summed E-state index contributed by atoms with van der Waals surface area (Å²) in [5.41, 5.74) is 4.73. The third kappa shape index (κ3) is 7.28. The van der Waals surface area contributed by atoms with E-state index in [-0.39, 0.29) is 24.7 Å². The van der Waals surface area contributed by atoms with Gasteiger partial charge < -0.3 is 10.1 Å². The van der Waals surface area contributed by atoms with Crippen molar-refractivity contribution in [2.24, 2.45) is 5.10 Å². The van der Waals surface area contributed by atoms with Gasteiger partial charge in [-0.25, -0.2) is 5.43 Å². The lowest BCUT2D eigenvalue weighted by Gasteiger charge is -2.09. The van der Waals surface area contributed by atoms with Crippen molar-refractivity contribution in [3.63, 3.8) is 0 Å². The van der Waals surface area contributed by atoms with Gasteiger partial charge in [0.05, 0.1) is 16.9 Å². The second kappa shape index (κ2) is 11.5. The molecule has 3 aromatic rings. The first kappa shape index (κ1) is 22.1. The number of benzene rings is 3. The number of rotatable bonds is 9. The molecule has 3 aromatic carbocycles. The molecule has 0 radical (unpaired) electrons. The molecule has 0 saturated carbocycles. The second-order valence-electron chi connectivity index (χ2n) is 6.63. The zero-order chi connectivity index (χ0) is 21.9. The smallest absolute Gasteiger partial charge is 0.240 e. The number of carbonyl (C=O) groups is 2. The molecule has 31 heavy (non-hydrogen) atoms. The summed E-state index contributed by atoms with van der Waals surface area (Å²) in [6.07, 6.45) is 1.53. The highest BCUT2D eigenvalue weighted by Crippen LogP contribution is 2.20. The maximum Gasteiger partial charge on any atom is 0.240 e. The van der Waals surface area contributed by atoms with Crippen LogP contribution in [0.5, 0.6) is 5.75 Å². The fourth-order valence-electron chi connectivity index (χ4n) is 2.69. The van der Waals surface area contributed by atoms with Gasteiger partial charge in [0, 0.05) is 18.4 Å². The van der Waals surface area contributed by atoms with Crippen molar-refractivity contribution in [2.45, 2.75) is 19.4 Å². The molecule has 2 N–H and O–H groups in total. The van der Waals surface area contributed by atoms with Crippen molar-refractivity contribution < 1.29 is 14.3 Å². The highest BCUT2D eigenvalue weighted by molar-refractivity contribution is 6.33. The standard InChI is InChI=1S/C24H22ClN3O3/c25-20-11-5-6-12-21(20)27-23(29)14-15-24(30)28-26-16-19-10-4-7-13-22(19)31-17-18-8-2-1-3-9-18/h1-13,16H,14-15,17H2,(H,27,29)(H,28,30)/b26-16+. The van der Waals surface area contributed by atoms with Crippen LogP contribution in [0.1, 0.15) is 24.0 Å². The normalized spacial score (nSPS) is 10.6. The Hall–Kier alpha value is -3.64. The van der Waals surface area contributed by atoms with Crippen molar-refractivity contribution in [1.82, 2.24) is 5.43 Å². The number of amides is 2. The van der Waals surface area contributed by atoms with Crippen LogP contribution in [-0.4, -0.2) is 18.0 Å². The fraction of sp³-hybridized carbons (Fsp3) is 0.125. The molecular weight excluding hydrogens is 414 g/mol. The topological polar surface area (TPSA) is 79.8 Å². The lowest BCUT2D eigenvalue weighted by atomic mass is 10.2. The molecule has 0 unspecified atom stereocenters. The number of nitrogens with zero attached hydrogens (tertiary/aromatic N) is 1. The van der Waals surface area contributed by atoms with Gasteiger partial charge >= 0.3 is 0 Å². The van der Waals surface area contributed by atoms with E-state index >= 15 is 0 Å². The van der Waals surface area contributed by atoms with Gasteiger partial charge in [0.15, 0.2) is 0 Å². The van der Waals surface area contributed by atoms with E-state index < -0.39 is 0 Å². The summed E-state index contributed by atoms with van der Waals surface area (Å²) >= 11 is 6.00. The average molecular weight is 436 g/mol. The first-order chi connectivity index (χ1) is 15.1. The van der Waals surface area contributed by atoms with Crippen LogP contribution in [0, 0.1) is 0 Å². The van der Waals surface area contributed by atoms with Gasteiger partial charge in [0.1, 0.15) is 12.4 Å². The summed E-state index contributed by atoms with van der Waals surface area (Å²) in [6, 6.07) is 24.2. The lowest BCUT2D eigenvalue weighted by Crippen LogP contribution is -2.20. The first-order valence-electron chi connectivity index (χ1n) is 9.74. The molecule has 0 aliphatic rings. The Labute approximate surface area is 185 Å². The predicted octanol–water partition coefficient (Wildman–Crippen LogP) is 4.79. The van der Waals surface area contributed by atoms with Crippen LogP contribution in [0.4, 0.5) is 5.69 Å². The third-order valence-corrected chi connectivity index (χ3v) is 4.61. The molecule has 0 heterocycles. The van der Waals surface area contributed by atoms with E-state index in [0.29, 0.717) is 23.1 Å². The van der Waals surface area contributed by atoms with E-state index in [1.807, 2.05) is 54.6 Å². The molecule has 7 heteroatoms. The minimum absolute atomic E-state index is 0.000218. The summed E-state index contributed by atoms with van der Waals surface area (Å²) in [6.45, 7) is 0.429. The highest BCUT2D eigenvalue weighted by Gasteiger charge is 2.08. The molecule has 0 fully saturated rings. The third-order valence-electron chi connectivity index (χ3n) is 4.28. The molecule has 0 aliphatic carbocycles. The molecular formula is C24H22ClN3O3. The van der Waals surface area contributed by atoms with Crippen molar-refractivity contribution >= 4 is 35.3 Å². The van der Waals surface area contributed by atoms with Gasteiger partial charge in [-0.3, -0.25) is 9.59 Å². The van der Waals surface area contributed by atoms with Crippen LogP contribution in [-0.2, 0) is 16.2 Å². The maximum atomic E-state index is 12.0. The Kier molecular flexibility index (Phi) is 8.20. The number of ether oxygens (including phenoxy) is 1. The minimum atomic E-state index is -0.367. The highest BCUT2D eigenvalue weighted by atomic mass is 35.5. The van der Waals surface area contributed by atoms with E-state index in [4.69, 9.17) is 16.3 Å². The summed E-state index contributed by atoms with van der Waals surface area (Å²) in [4.78, 5) is 24.0. The summed E-state index contributed by atoms with van der Waals surface area (Å²) < 4.78 is 5.86. The Bertz CT molecular complexity index is 1050. The van der Waals surface area contributed by atoms with Gasteiger partial charge in [-0.1, -0.05) is 66.2 Å². The van der Waals surface area contributed by atoms with E-state index in [2.05, 4.69) is 15.8 Å². The van der Waals surface area contributed by atoms with Crippen molar-refractivity contribution in [3.05, 3.63) is 95.0 Å². The summed E-state index contributed by atoms with van der Waals surface area (Å²) in [7, 11) is 0. The van der Waals surface area contributed by atoms with Crippen molar-refractivity contribution in [1.29, 1.82) is 0 Å². The van der Waals surface area contributed by atoms with Crippen LogP contribution in [0.2, 0.25) is 5.02 Å². The zero-order valence-electron chi connectivity index (χ0n) is 16.8. The number of hydrazone groups is 1. The molecule has 2 amide bonds. The van der Waals surface area contributed by atoms with Crippen LogP contribution >= 0.6 is 11.6 Å². The second-order valence-corrected chi connectivity index (χ2v) is 7.04. The van der Waals surface area contributed by atoms with E-state index in [1.54, 1.807) is 24.3 Å². The molecule has 0 aromatic heterocycles. The van der Waals surface area contributed by atoms with Crippen LogP contribution in [0.3, 0.4) is 0 Å². The molecule has 0 saturated heterocycles. The quantitative estimate of drug-likeness (QED) is 0.374. The molecule has 158 valence electrons. The number of anilines is 1. The SMILES string of the molecule is O=C(CCC(=O)Nc1ccccc1Cl)N/N=C/c1ccccc1OCc1ccccc1. The Morgan fingerprint density at radius 2 is 1.55 bits per heavy atom. The van der Waals surface area contributed by atoms with E-state index in [9.17, 15) is 9.59 Å². The fourth-order valence-corrected chi connectivity index (χ4v) is 2.87. The monoisotopic (exact) mass is 435 g/mol. The molecule has 0 atom stereocenters. The number of halogens is 1. The zero-order valence-corrected chi connectivity index (χ0v) is 17.5. The molecule has 0 bridgehead atoms. The molecule has 6 nitrogen and oxygen atoms in total. The van der Waals surface area contributed by atoms with Gasteiger partial charge in [-0.2, -0.15) is 5.10 Å². The molecule has 0 aliphatic heterocycles. The van der Waals surface area contributed by atoms with Gasteiger partial charge in [-0.15, -0.1) is 0 Å². The number of para-hydroxylation sites is 2. The number of hydrogen-bond acceptors (Lipinski definition) is 4. The van der Waals surface area contributed by atoms with Crippen LogP contribution in [0.15, 0.2) is 84.0 Å². The summed E-state index contributed by atoms with van der Waals surface area (Å²) in [5.74, 6) is -0.0106. The van der Waals surface area contributed by atoms with Gasteiger partial charge in [0.2, 0.25) is 11.8 Å². The van der Waals surface area contributed by atoms with E-state index in [1.165, 1.54) is 6.21 Å². The molecule has 3 rings (SSSR count). The van der Waals surface area contributed by atoms with Gasteiger partial charge in [-0.05, 0) is 29.8 Å². The Balaban J connectivity index is 1.46. The maximum absolute atomic E-state index is 12.0. The lowest BCUT2D eigenvalue weighted by molar-refractivity contribution is -0.124. The van der Waals surface area contributed by atoms with Crippen LogP contribution < -0.4 is 15.5 Å². The average Bonchev–Trinajstić information content (AvgIpc) is 2.79. The van der Waals surface area contributed by atoms with Crippen molar-refractivity contribution in [2.75, 3.05) is 5.32 Å². The largest absolute Gasteiger partial charge is 0.488 e. The number of nitrogens with one attached hydrogen (secondary N) is 2. The first-order valence-corrected chi connectivity index (χ1v) is 10.1. The number of hydrogen-bond donors (Lipinski definition) is 2. The Morgan fingerprint density at radius 3 is 2.35 bits per heavy atom. The molecule has 0 spiro atoms. The van der Waals surface area contributed by atoms with E-state index in [0.717, 1.165) is 11.1 Å². The van der Waals surface area contributed by atoms with Gasteiger partial charge in [0.25, 0.3) is 0 Å². The number of carbonyl (C=O) groups excluding carboxylic acids is 2. The summed E-state index contributed by atoms with van der Waals surface area (Å²) in [5, 5.41) is 7.10. The minimum Gasteiger partial charge on any atom is -0.488 e. The predicted molar refractivity (Wildman–Crippen MR) is 122 cm³/mol.